The molecule has 1 aromatic carbocycles. The largest absolute Gasteiger partial charge is 0.481 e. The molecule has 0 saturated carbocycles. The highest BCUT2D eigenvalue weighted by Gasteiger charge is 2.03. The molecule has 0 fully saturated rings. The summed E-state index contributed by atoms with van der Waals surface area (Å²) in [5.74, 6) is 6.06. The Morgan fingerprint density at radius 2 is 2.05 bits per heavy atom. The Morgan fingerprint density at radius 1 is 1.29 bits per heavy atom. The van der Waals surface area contributed by atoms with Gasteiger partial charge in [-0.2, -0.15) is 0 Å². The molecule has 0 saturated heterocycles. The highest BCUT2D eigenvalue weighted by molar-refractivity contribution is 5.88. The van der Waals surface area contributed by atoms with E-state index in [1.165, 1.54) is 6.92 Å². The summed E-state index contributed by atoms with van der Waals surface area (Å²) in [6.45, 7) is 5.64. The summed E-state index contributed by atoms with van der Waals surface area (Å²) in [7, 11) is 0. The van der Waals surface area contributed by atoms with E-state index in [1.54, 1.807) is 24.3 Å². The summed E-state index contributed by atoms with van der Waals surface area (Å²) >= 11 is 0. The molecule has 21 heavy (non-hydrogen) atoms. The Kier molecular flexibility index (Phi) is 6.82. The first-order valence-corrected chi connectivity index (χ1v) is 6.73. The first-order valence-electron chi connectivity index (χ1n) is 6.73. The average Bonchev–Trinajstić information content (AvgIpc) is 2.42. The number of amides is 2. The minimum absolute atomic E-state index is 0.0202. The number of rotatable bonds is 5. The Bertz CT molecular complexity index is 556. The Labute approximate surface area is 125 Å². The molecule has 5 nitrogen and oxygen atoms in total. The minimum Gasteiger partial charge on any atom is -0.481 e. The molecule has 0 unspecified atom stereocenters. The third-order valence-corrected chi connectivity index (χ3v) is 2.47. The molecule has 2 amide bonds. The highest BCUT2D eigenvalue weighted by atomic mass is 16.5. The van der Waals surface area contributed by atoms with Gasteiger partial charge in [-0.3, -0.25) is 9.59 Å². The number of hydrogen-bond acceptors (Lipinski definition) is 3. The van der Waals surface area contributed by atoms with Crippen LogP contribution in [-0.4, -0.2) is 25.0 Å². The summed E-state index contributed by atoms with van der Waals surface area (Å²) < 4.78 is 5.45. The lowest BCUT2D eigenvalue weighted by atomic mass is 10.2. The maximum absolute atomic E-state index is 11.3. The van der Waals surface area contributed by atoms with Crippen molar-refractivity contribution in [3.05, 3.63) is 24.3 Å². The lowest BCUT2D eigenvalue weighted by Gasteiger charge is -2.05. The number of anilines is 1. The Hall–Kier alpha value is -2.48. The number of hydrogen-bond donors (Lipinski definition) is 2. The molecule has 5 heteroatoms. The van der Waals surface area contributed by atoms with Gasteiger partial charge >= 0.3 is 0 Å². The van der Waals surface area contributed by atoms with Crippen LogP contribution in [0.2, 0.25) is 0 Å². The molecule has 0 radical (unpaired) electrons. The van der Waals surface area contributed by atoms with Crippen LogP contribution in [0.15, 0.2) is 24.3 Å². The van der Waals surface area contributed by atoms with Gasteiger partial charge in [-0.25, -0.2) is 0 Å². The van der Waals surface area contributed by atoms with Crippen molar-refractivity contribution in [3.8, 4) is 17.6 Å². The molecule has 0 atom stereocenters. The monoisotopic (exact) mass is 288 g/mol. The standard InChI is InChI=1S/C16H20N2O3/c1-12(2)16(20)17-9-4-5-10-21-15-8-6-7-14(11-15)18-13(3)19/h6-8,11-12H,9-10H2,1-3H3,(H,17,20)(H,18,19). The Balaban J connectivity index is 2.36. The maximum Gasteiger partial charge on any atom is 0.223 e. The van der Waals surface area contributed by atoms with Gasteiger partial charge in [-0.15, -0.1) is 0 Å². The molecule has 0 aliphatic rings. The Morgan fingerprint density at radius 3 is 2.71 bits per heavy atom. The van der Waals surface area contributed by atoms with Crippen molar-refractivity contribution in [3.63, 3.8) is 0 Å². The van der Waals surface area contributed by atoms with E-state index in [0.717, 1.165) is 0 Å². The average molecular weight is 288 g/mol. The first-order chi connectivity index (χ1) is 9.99. The molecule has 1 aromatic rings. The van der Waals surface area contributed by atoms with E-state index in [4.69, 9.17) is 4.74 Å². The number of nitrogens with one attached hydrogen (secondary N) is 2. The highest BCUT2D eigenvalue weighted by Crippen LogP contribution is 2.16. The molecular weight excluding hydrogens is 268 g/mol. The zero-order valence-corrected chi connectivity index (χ0v) is 12.5. The second kappa shape index (κ2) is 8.64. The van der Waals surface area contributed by atoms with Gasteiger partial charge in [0.25, 0.3) is 0 Å². The molecule has 2 N–H and O–H groups in total. The van der Waals surface area contributed by atoms with Crippen LogP contribution in [-0.2, 0) is 9.59 Å². The van der Waals surface area contributed by atoms with E-state index < -0.39 is 0 Å². The lowest BCUT2D eigenvalue weighted by Crippen LogP contribution is -2.27. The van der Waals surface area contributed by atoms with Gasteiger partial charge in [-0.1, -0.05) is 31.8 Å². The van der Waals surface area contributed by atoms with Crippen molar-refractivity contribution in [2.75, 3.05) is 18.5 Å². The molecule has 0 aliphatic heterocycles. The minimum atomic E-state index is -0.132. The fourth-order valence-corrected chi connectivity index (χ4v) is 1.44. The zero-order valence-electron chi connectivity index (χ0n) is 12.5. The molecule has 0 aliphatic carbocycles. The van der Waals surface area contributed by atoms with Crippen LogP contribution >= 0.6 is 0 Å². The normalized spacial score (nSPS) is 9.52. The van der Waals surface area contributed by atoms with Crippen LogP contribution in [0, 0.1) is 17.8 Å². The number of benzene rings is 1. The molecular formula is C16H20N2O3. The van der Waals surface area contributed by atoms with Crippen LogP contribution in [0.25, 0.3) is 0 Å². The second-order valence-corrected chi connectivity index (χ2v) is 4.72. The van der Waals surface area contributed by atoms with Crippen molar-refractivity contribution in [1.29, 1.82) is 0 Å². The van der Waals surface area contributed by atoms with Gasteiger partial charge < -0.3 is 15.4 Å². The van der Waals surface area contributed by atoms with Gasteiger partial charge in [0.2, 0.25) is 11.8 Å². The van der Waals surface area contributed by atoms with Crippen LogP contribution in [0.5, 0.6) is 5.75 Å². The van der Waals surface area contributed by atoms with E-state index in [9.17, 15) is 9.59 Å². The van der Waals surface area contributed by atoms with Crippen LogP contribution in [0.4, 0.5) is 5.69 Å². The third-order valence-electron chi connectivity index (χ3n) is 2.47. The number of ether oxygens (including phenoxy) is 1. The van der Waals surface area contributed by atoms with Crippen molar-refractivity contribution < 1.29 is 14.3 Å². The molecule has 0 heterocycles. The summed E-state index contributed by atoms with van der Waals surface area (Å²) in [6, 6.07) is 7.08. The summed E-state index contributed by atoms with van der Waals surface area (Å²) in [6.07, 6.45) is 0. The maximum atomic E-state index is 11.3. The predicted molar refractivity (Wildman–Crippen MR) is 81.9 cm³/mol. The van der Waals surface area contributed by atoms with E-state index in [2.05, 4.69) is 22.5 Å². The van der Waals surface area contributed by atoms with Crippen LogP contribution < -0.4 is 15.4 Å². The van der Waals surface area contributed by atoms with Crippen LogP contribution in [0.1, 0.15) is 20.8 Å². The van der Waals surface area contributed by atoms with Gasteiger partial charge in [0.15, 0.2) is 0 Å². The molecule has 0 bridgehead atoms. The zero-order chi connectivity index (χ0) is 15.7. The van der Waals surface area contributed by atoms with Crippen molar-refractivity contribution >= 4 is 17.5 Å². The second-order valence-electron chi connectivity index (χ2n) is 4.72. The van der Waals surface area contributed by atoms with Gasteiger partial charge in [0.05, 0.1) is 6.54 Å². The SMILES string of the molecule is CC(=O)Nc1cccc(OCC#CCNC(=O)C(C)C)c1. The molecule has 0 spiro atoms. The van der Waals surface area contributed by atoms with Gasteiger partial charge in [0.1, 0.15) is 12.4 Å². The topological polar surface area (TPSA) is 67.4 Å². The van der Waals surface area contributed by atoms with Crippen molar-refractivity contribution in [1.82, 2.24) is 5.32 Å². The van der Waals surface area contributed by atoms with E-state index in [0.29, 0.717) is 18.0 Å². The van der Waals surface area contributed by atoms with E-state index in [-0.39, 0.29) is 24.3 Å². The fourth-order valence-electron chi connectivity index (χ4n) is 1.44. The first kappa shape index (κ1) is 16.6. The van der Waals surface area contributed by atoms with Gasteiger partial charge in [0, 0.05) is 24.6 Å². The predicted octanol–water partition coefficient (Wildman–Crippen LogP) is 1.80. The van der Waals surface area contributed by atoms with Crippen molar-refractivity contribution in [2.45, 2.75) is 20.8 Å². The quantitative estimate of drug-likeness (QED) is 0.812. The van der Waals surface area contributed by atoms with Crippen LogP contribution in [0.3, 0.4) is 0 Å². The molecule has 112 valence electrons. The smallest absolute Gasteiger partial charge is 0.223 e. The lowest BCUT2D eigenvalue weighted by molar-refractivity contribution is -0.123. The number of carbonyl (C=O) groups excluding carboxylic acids is 2. The molecule has 0 aromatic heterocycles. The van der Waals surface area contributed by atoms with E-state index in [1.807, 2.05) is 13.8 Å². The summed E-state index contributed by atoms with van der Waals surface area (Å²) in [4.78, 5) is 22.2. The van der Waals surface area contributed by atoms with Gasteiger partial charge in [-0.05, 0) is 12.1 Å². The third kappa shape index (κ3) is 7.02. The van der Waals surface area contributed by atoms with E-state index >= 15 is 0 Å². The molecule has 1 rings (SSSR count). The van der Waals surface area contributed by atoms with Crippen molar-refractivity contribution in [2.24, 2.45) is 5.92 Å². The number of carbonyl (C=O) groups is 2. The summed E-state index contributed by atoms with van der Waals surface area (Å²) in [5, 5.41) is 5.37. The fraction of sp³-hybridized carbons (Fsp3) is 0.375. The summed E-state index contributed by atoms with van der Waals surface area (Å²) in [5.41, 5.74) is 0.678.